The van der Waals surface area contributed by atoms with Gasteiger partial charge < -0.3 is 5.32 Å². The molecular weight excluding hydrogens is 258 g/mol. The lowest BCUT2D eigenvalue weighted by atomic mass is 9.81. The Morgan fingerprint density at radius 3 is 2.24 bits per heavy atom. The quantitative estimate of drug-likeness (QED) is 0.882. The van der Waals surface area contributed by atoms with E-state index in [-0.39, 0.29) is 16.9 Å². The van der Waals surface area contributed by atoms with Crippen LogP contribution in [-0.2, 0) is 16.6 Å². The lowest BCUT2D eigenvalue weighted by Crippen LogP contribution is -2.44. The highest BCUT2D eigenvalue weighted by Gasteiger charge is 2.38. The molecule has 1 aliphatic heterocycles. The SMILES string of the molecule is CC(C)CC1(Cc2ccc(C(C)(C)C)cc2)CCC(=O)N1. The van der Waals surface area contributed by atoms with Crippen LogP contribution in [0.25, 0.3) is 0 Å². The lowest BCUT2D eigenvalue weighted by molar-refractivity contribution is -0.119. The van der Waals surface area contributed by atoms with E-state index in [1.54, 1.807) is 0 Å². The van der Waals surface area contributed by atoms with E-state index in [0.29, 0.717) is 12.3 Å². The minimum absolute atomic E-state index is 0.0332. The predicted molar refractivity (Wildman–Crippen MR) is 88.4 cm³/mol. The Hall–Kier alpha value is -1.31. The summed E-state index contributed by atoms with van der Waals surface area (Å²) < 4.78 is 0. The number of nitrogens with one attached hydrogen (secondary N) is 1. The van der Waals surface area contributed by atoms with E-state index in [9.17, 15) is 4.79 Å². The summed E-state index contributed by atoms with van der Waals surface area (Å²) in [6.07, 6.45) is 3.64. The van der Waals surface area contributed by atoms with Crippen LogP contribution in [0.3, 0.4) is 0 Å². The van der Waals surface area contributed by atoms with Crippen LogP contribution < -0.4 is 5.32 Å². The first-order valence-corrected chi connectivity index (χ1v) is 8.11. The minimum atomic E-state index is -0.0332. The molecule has 0 radical (unpaired) electrons. The second-order valence-corrected chi connectivity index (χ2v) is 8.05. The van der Waals surface area contributed by atoms with Crippen molar-refractivity contribution in [2.45, 2.75) is 71.3 Å². The molecule has 1 fully saturated rings. The van der Waals surface area contributed by atoms with Gasteiger partial charge in [0, 0.05) is 12.0 Å². The van der Waals surface area contributed by atoms with Crippen LogP contribution >= 0.6 is 0 Å². The first-order chi connectivity index (χ1) is 9.70. The van der Waals surface area contributed by atoms with Crippen molar-refractivity contribution < 1.29 is 4.79 Å². The standard InChI is InChI=1S/C19H29NO/c1-14(2)12-19(11-10-17(21)20-19)13-15-6-8-16(9-7-15)18(3,4)5/h6-9,14H,10-13H2,1-5H3,(H,20,21). The minimum Gasteiger partial charge on any atom is -0.350 e. The summed E-state index contributed by atoms with van der Waals surface area (Å²) in [5, 5.41) is 3.25. The van der Waals surface area contributed by atoms with Gasteiger partial charge in [-0.2, -0.15) is 0 Å². The average Bonchev–Trinajstić information content (AvgIpc) is 2.69. The van der Waals surface area contributed by atoms with E-state index in [1.807, 2.05) is 0 Å². The van der Waals surface area contributed by atoms with Gasteiger partial charge in [0.15, 0.2) is 0 Å². The van der Waals surface area contributed by atoms with Crippen LogP contribution in [0.5, 0.6) is 0 Å². The zero-order valence-corrected chi connectivity index (χ0v) is 14.1. The van der Waals surface area contributed by atoms with Gasteiger partial charge in [-0.25, -0.2) is 0 Å². The van der Waals surface area contributed by atoms with Gasteiger partial charge in [0.2, 0.25) is 5.91 Å². The number of amides is 1. The molecule has 1 atom stereocenters. The van der Waals surface area contributed by atoms with Crippen molar-refractivity contribution in [2.75, 3.05) is 0 Å². The van der Waals surface area contributed by atoms with Gasteiger partial charge in [-0.1, -0.05) is 58.9 Å². The molecule has 1 unspecified atom stereocenters. The molecule has 1 amide bonds. The Balaban J connectivity index is 2.16. The van der Waals surface area contributed by atoms with Gasteiger partial charge >= 0.3 is 0 Å². The summed E-state index contributed by atoms with van der Waals surface area (Å²) in [5.41, 5.74) is 2.84. The normalized spacial score (nSPS) is 22.7. The van der Waals surface area contributed by atoms with E-state index in [4.69, 9.17) is 0 Å². The highest BCUT2D eigenvalue weighted by atomic mass is 16.2. The Kier molecular flexibility index (Phi) is 4.46. The molecule has 2 nitrogen and oxygen atoms in total. The maximum atomic E-state index is 11.7. The molecule has 1 aliphatic rings. The maximum Gasteiger partial charge on any atom is 0.220 e. The molecule has 0 aromatic heterocycles. The van der Waals surface area contributed by atoms with E-state index < -0.39 is 0 Å². The fraction of sp³-hybridized carbons (Fsp3) is 0.632. The van der Waals surface area contributed by atoms with E-state index >= 15 is 0 Å². The number of carbonyl (C=O) groups is 1. The van der Waals surface area contributed by atoms with Crippen molar-refractivity contribution in [3.05, 3.63) is 35.4 Å². The third-order valence-corrected chi connectivity index (χ3v) is 4.40. The predicted octanol–water partition coefficient (Wildman–Crippen LogP) is 4.22. The molecule has 2 heteroatoms. The molecule has 2 rings (SSSR count). The molecule has 0 aliphatic carbocycles. The molecule has 1 aromatic rings. The molecule has 0 spiro atoms. The fourth-order valence-corrected chi connectivity index (χ4v) is 3.43. The number of hydrogen-bond acceptors (Lipinski definition) is 1. The zero-order valence-electron chi connectivity index (χ0n) is 14.1. The topological polar surface area (TPSA) is 29.1 Å². The second kappa shape index (κ2) is 5.82. The highest BCUT2D eigenvalue weighted by molar-refractivity contribution is 5.79. The number of carbonyl (C=O) groups excluding carboxylic acids is 1. The summed E-state index contributed by atoms with van der Waals surface area (Å²) in [6, 6.07) is 8.92. The van der Waals surface area contributed by atoms with Gasteiger partial charge in [-0.05, 0) is 41.7 Å². The van der Waals surface area contributed by atoms with Gasteiger partial charge in [0.25, 0.3) is 0 Å². The van der Waals surface area contributed by atoms with Crippen molar-refractivity contribution in [2.24, 2.45) is 5.92 Å². The van der Waals surface area contributed by atoms with Gasteiger partial charge in [-0.15, -0.1) is 0 Å². The molecule has 1 saturated heterocycles. The number of benzene rings is 1. The fourth-order valence-electron chi connectivity index (χ4n) is 3.43. The van der Waals surface area contributed by atoms with Gasteiger partial charge in [0.05, 0.1) is 0 Å². The number of hydrogen-bond donors (Lipinski definition) is 1. The van der Waals surface area contributed by atoms with Crippen molar-refractivity contribution in [3.63, 3.8) is 0 Å². The van der Waals surface area contributed by atoms with E-state index in [1.165, 1.54) is 11.1 Å². The van der Waals surface area contributed by atoms with Gasteiger partial charge in [-0.3, -0.25) is 4.79 Å². The lowest BCUT2D eigenvalue weighted by Gasteiger charge is -2.31. The smallest absolute Gasteiger partial charge is 0.220 e. The summed E-state index contributed by atoms with van der Waals surface area (Å²) in [5.74, 6) is 0.805. The summed E-state index contributed by atoms with van der Waals surface area (Å²) in [7, 11) is 0. The summed E-state index contributed by atoms with van der Waals surface area (Å²) in [4.78, 5) is 11.7. The van der Waals surface area contributed by atoms with Crippen molar-refractivity contribution in [1.29, 1.82) is 0 Å². The molecule has 1 aromatic carbocycles. The summed E-state index contributed by atoms with van der Waals surface area (Å²) in [6.45, 7) is 11.2. The highest BCUT2D eigenvalue weighted by Crippen LogP contribution is 2.32. The Morgan fingerprint density at radius 1 is 1.19 bits per heavy atom. The zero-order chi connectivity index (χ0) is 15.7. The van der Waals surface area contributed by atoms with Crippen molar-refractivity contribution in [1.82, 2.24) is 5.32 Å². The monoisotopic (exact) mass is 287 g/mol. The Morgan fingerprint density at radius 2 is 1.81 bits per heavy atom. The van der Waals surface area contributed by atoms with Crippen molar-refractivity contribution in [3.8, 4) is 0 Å². The van der Waals surface area contributed by atoms with Crippen LogP contribution in [0.2, 0.25) is 0 Å². The van der Waals surface area contributed by atoms with Crippen LogP contribution in [0.15, 0.2) is 24.3 Å². The molecule has 1 heterocycles. The first kappa shape index (κ1) is 16.1. The van der Waals surface area contributed by atoms with Crippen LogP contribution in [-0.4, -0.2) is 11.4 Å². The first-order valence-electron chi connectivity index (χ1n) is 8.11. The third-order valence-electron chi connectivity index (χ3n) is 4.40. The Labute approximate surface area is 129 Å². The van der Waals surface area contributed by atoms with E-state index in [2.05, 4.69) is 64.2 Å². The van der Waals surface area contributed by atoms with Gasteiger partial charge in [0.1, 0.15) is 0 Å². The maximum absolute atomic E-state index is 11.7. The average molecular weight is 287 g/mol. The summed E-state index contributed by atoms with van der Waals surface area (Å²) >= 11 is 0. The largest absolute Gasteiger partial charge is 0.350 e. The molecule has 116 valence electrons. The van der Waals surface area contributed by atoms with Crippen LogP contribution in [0.1, 0.15) is 65.0 Å². The molecule has 0 bridgehead atoms. The molecule has 21 heavy (non-hydrogen) atoms. The molecule has 1 N–H and O–H groups in total. The third kappa shape index (κ3) is 4.09. The van der Waals surface area contributed by atoms with Crippen LogP contribution in [0.4, 0.5) is 0 Å². The Bertz CT molecular complexity index is 495. The van der Waals surface area contributed by atoms with Crippen LogP contribution in [0, 0.1) is 5.92 Å². The molecular formula is C19H29NO. The molecule has 0 saturated carbocycles. The second-order valence-electron chi connectivity index (χ2n) is 8.05. The van der Waals surface area contributed by atoms with Crippen molar-refractivity contribution >= 4 is 5.91 Å². The number of rotatable bonds is 4. The van der Waals surface area contributed by atoms with E-state index in [0.717, 1.165) is 19.3 Å².